The van der Waals surface area contributed by atoms with Gasteiger partial charge in [-0.25, -0.2) is 4.79 Å². The molecule has 0 radical (unpaired) electrons. The fourth-order valence-electron chi connectivity index (χ4n) is 4.43. The summed E-state index contributed by atoms with van der Waals surface area (Å²) >= 11 is 0. The molecule has 0 heterocycles. The molecule has 11 nitrogen and oxygen atoms in total. The van der Waals surface area contributed by atoms with Crippen LogP contribution in [0.2, 0.25) is 0 Å². The van der Waals surface area contributed by atoms with Gasteiger partial charge in [0.2, 0.25) is 5.91 Å². The van der Waals surface area contributed by atoms with E-state index >= 15 is 0 Å². The van der Waals surface area contributed by atoms with Crippen LogP contribution < -0.4 is 16.8 Å². The number of fused-ring (bicyclic) bond motifs is 3. The van der Waals surface area contributed by atoms with E-state index in [9.17, 15) is 14.4 Å². The first-order chi connectivity index (χ1) is 19.4. The highest BCUT2D eigenvalue weighted by molar-refractivity contribution is 5.89. The van der Waals surface area contributed by atoms with E-state index in [4.69, 9.17) is 35.5 Å². The Morgan fingerprint density at radius 2 is 1.38 bits per heavy atom. The lowest BCUT2D eigenvalue weighted by Crippen LogP contribution is -2.62. The lowest BCUT2D eigenvalue weighted by atomic mass is 9.98. The smallest absolute Gasteiger partial charge is 0.347 e. The summed E-state index contributed by atoms with van der Waals surface area (Å²) in [4.78, 5) is 36.6. The van der Waals surface area contributed by atoms with Crippen LogP contribution in [0.4, 0.5) is 0 Å². The Labute approximate surface area is 234 Å². The molecule has 1 unspecified atom stereocenters. The molecule has 1 aliphatic carbocycles. The zero-order chi connectivity index (χ0) is 28.8. The zero-order valence-electron chi connectivity index (χ0n) is 22.6. The third kappa shape index (κ3) is 9.10. The van der Waals surface area contributed by atoms with Gasteiger partial charge in [-0.1, -0.05) is 48.5 Å². The van der Waals surface area contributed by atoms with Crippen molar-refractivity contribution in [2.24, 2.45) is 11.5 Å². The van der Waals surface area contributed by atoms with Crippen LogP contribution in [0.1, 0.15) is 42.7 Å². The van der Waals surface area contributed by atoms with E-state index in [1.807, 2.05) is 48.5 Å². The summed E-state index contributed by atoms with van der Waals surface area (Å²) < 4.78 is 22.0. The van der Waals surface area contributed by atoms with Crippen LogP contribution in [-0.4, -0.2) is 81.4 Å². The van der Waals surface area contributed by atoms with Gasteiger partial charge in [-0.2, -0.15) is 0 Å². The molecule has 2 aromatic carbocycles. The molecule has 218 valence electrons. The maximum atomic E-state index is 13.3. The van der Waals surface area contributed by atoms with Crippen LogP contribution >= 0.6 is 0 Å². The van der Waals surface area contributed by atoms with Crippen LogP contribution in [0.3, 0.4) is 0 Å². The molecule has 0 saturated carbocycles. The number of hydrogen-bond donors (Lipinski definition) is 4. The highest BCUT2D eigenvalue weighted by Crippen LogP contribution is 2.44. The second-order valence-electron chi connectivity index (χ2n) is 9.47. The van der Waals surface area contributed by atoms with Gasteiger partial charge in [0, 0.05) is 25.4 Å². The third-order valence-corrected chi connectivity index (χ3v) is 6.51. The molecule has 1 amide bonds. The van der Waals surface area contributed by atoms with Crippen molar-refractivity contribution < 1.29 is 38.4 Å². The highest BCUT2D eigenvalue weighted by atomic mass is 16.5. The number of nitrogens with one attached hydrogen (secondary N) is 1. The minimum Gasteiger partial charge on any atom is -0.481 e. The number of esters is 1. The van der Waals surface area contributed by atoms with E-state index in [1.165, 1.54) is 0 Å². The number of carboxylic acid groups (broad SMARTS) is 1. The number of hydrogen-bond acceptors (Lipinski definition) is 9. The van der Waals surface area contributed by atoms with E-state index in [0.717, 1.165) is 28.7 Å². The van der Waals surface area contributed by atoms with Gasteiger partial charge in [0.25, 0.3) is 0 Å². The van der Waals surface area contributed by atoms with E-state index in [-0.39, 0.29) is 38.6 Å². The van der Waals surface area contributed by atoms with E-state index in [2.05, 4.69) is 5.32 Å². The summed E-state index contributed by atoms with van der Waals surface area (Å²) in [6.45, 7) is 2.65. The largest absolute Gasteiger partial charge is 0.481 e. The van der Waals surface area contributed by atoms with Crippen LogP contribution in [0.5, 0.6) is 0 Å². The van der Waals surface area contributed by atoms with Crippen LogP contribution in [-0.2, 0) is 33.3 Å². The summed E-state index contributed by atoms with van der Waals surface area (Å²) in [6, 6.07) is 15.9. The molecule has 3 rings (SSSR count). The predicted octanol–water partition coefficient (Wildman–Crippen LogP) is 1.77. The molecular weight excluding hydrogens is 518 g/mol. The average molecular weight is 558 g/mol. The average Bonchev–Trinajstić information content (AvgIpc) is 3.27. The van der Waals surface area contributed by atoms with Gasteiger partial charge < -0.3 is 35.1 Å². The van der Waals surface area contributed by atoms with Gasteiger partial charge in [-0.15, -0.1) is 0 Å². The minimum atomic E-state index is -1.90. The first-order valence-electron chi connectivity index (χ1n) is 13.5. The molecule has 1 aliphatic rings. The Balaban J connectivity index is 1.54. The normalized spacial score (nSPS) is 13.8. The summed E-state index contributed by atoms with van der Waals surface area (Å²) in [5, 5.41) is 11.4. The Bertz CT molecular complexity index is 1080. The lowest BCUT2D eigenvalue weighted by molar-refractivity contribution is -0.155. The van der Waals surface area contributed by atoms with Crippen LogP contribution in [0.25, 0.3) is 11.1 Å². The number of ether oxygens (including phenoxy) is 4. The molecule has 0 aliphatic heterocycles. The van der Waals surface area contributed by atoms with Gasteiger partial charge in [0.1, 0.15) is 6.61 Å². The molecule has 40 heavy (non-hydrogen) atoms. The van der Waals surface area contributed by atoms with E-state index in [1.54, 1.807) is 0 Å². The van der Waals surface area contributed by atoms with Crippen molar-refractivity contribution in [2.75, 3.05) is 52.8 Å². The van der Waals surface area contributed by atoms with Gasteiger partial charge in [0.05, 0.1) is 39.5 Å². The van der Waals surface area contributed by atoms with Crippen LogP contribution in [0.15, 0.2) is 48.5 Å². The fraction of sp³-hybridized carbons (Fsp3) is 0.483. The lowest BCUT2D eigenvalue weighted by Gasteiger charge is -2.29. The number of nitrogens with two attached hydrogens (primary N) is 2. The predicted molar refractivity (Wildman–Crippen MR) is 147 cm³/mol. The molecule has 0 spiro atoms. The fourth-order valence-corrected chi connectivity index (χ4v) is 4.43. The number of amides is 1. The molecule has 0 saturated heterocycles. The maximum absolute atomic E-state index is 13.3. The summed E-state index contributed by atoms with van der Waals surface area (Å²) in [7, 11) is 0. The number of rotatable bonds is 19. The van der Waals surface area contributed by atoms with Gasteiger partial charge in [0.15, 0.2) is 5.66 Å². The molecule has 2 aromatic rings. The van der Waals surface area contributed by atoms with E-state index in [0.29, 0.717) is 33.0 Å². The summed E-state index contributed by atoms with van der Waals surface area (Å²) in [6.07, 6.45) is -0.00543. The molecule has 6 N–H and O–H groups in total. The molecular formula is C29H39N3O8. The quantitative estimate of drug-likeness (QED) is 0.113. The minimum absolute atomic E-state index is 0.0266. The van der Waals surface area contributed by atoms with Crippen molar-refractivity contribution >= 4 is 17.8 Å². The Kier molecular flexibility index (Phi) is 12.5. The Morgan fingerprint density at radius 3 is 1.95 bits per heavy atom. The number of carbonyl (C=O) groups is 3. The first-order valence-corrected chi connectivity index (χ1v) is 13.5. The van der Waals surface area contributed by atoms with E-state index < -0.39 is 29.9 Å². The SMILES string of the molecule is NCCCOCCOCCOCCC(N)(NC(=O)CCC(=O)O)C(=O)OCC1c2ccccc2-c2ccccc21. The first kappa shape index (κ1) is 31.2. The van der Waals surface area contributed by atoms with Gasteiger partial charge in [-0.05, 0) is 35.2 Å². The highest BCUT2D eigenvalue weighted by Gasteiger charge is 2.39. The standard InChI is InChI=1S/C29H39N3O8/c30-13-5-14-37-16-18-39-19-17-38-15-12-29(31,32-26(33)10-11-27(34)35)28(36)40-20-25-23-8-3-1-6-21(23)22-7-2-4-9-24(22)25/h1-4,6-9,25H,5,10-20,30-31H2,(H,32,33)(H,34,35). The molecule has 0 aromatic heterocycles. The molecule has 0 fully saturated rings. The Hall–Kier alpha value is -3.35. The summed E-state index contributed by atoms with van der Waals surface area (Å²) in [5.74, 6) is -2.81. The maximum Gasteiger partial charge on any atom is 0.347 e. The number of carbonyl (C=O) groups excluding carboxylic acids is 2. The molecule has 1 atom stereocenters. The van der Waals surface area contributed by atoms with Gasteiger partial charge >= 0.3 is 11.9 Å². The third-order valence-electron chi connectivity index (χ3n) is 6.51. The number of carboxylic acids is 1. The van der Waals surface area contributed by atoms with Crippen molar-refractivity contribution in [3.63, 3.8) is 0 Å². The zero-order valence-corrected chi connectivity index (χ0v) is 22.6. The molecule has 0 bridgehead atoms. The van der Waals surface area contributed by atoms with Crippen molar-refractivity contribution in [2.45, 2.75) is 37.3 Å². The van der Waals surface area contributed by atoms with Crippen molar-refractivity contribution in [1.82, 2.24) is 5.32 Å². The monoisotopic (exact) mass is 557 g/mol. The number of benzene rings is 2. The van der Waals surface area contributed by atoms with Crippen molar-refractivity contribution in [3.05, 3.63) is 59.7 Å². The molecule has 11 heteroatoms. The number of aliphatic carboxylic acids is 1. The van der Waals surface area contributed by atoms with Gasteiger partial charge in [-0.3, -0.25) is 15.3 Å². The topological polar surface area (TPSA) is 172 Å². The summed E-state index contributed by atoms with van der Waals surface area (Å²) in [5.41, 5.74) is 14.1. The van der Waals surface area contributed by atoms with Crippen molar-refractivity contribution in [3.8, 4) is 11.1 Å². The van der Waals surface area contributed by atoms with Crippen molar-refractivity contribution in [1.29, 1.82) is 0 Å². The van der Waals surface area contributed by atoms with Crippen LogP contribution in [0, 0.1) is 0 Å². The second kappa shape index (κ2) is 16.0. The Morgan fingerprint density at radius 1 is 0.825 bits per heavy atom. The second-order valence-corrected chi connectivity index (χ2v) is 9.47.